The number of benzene rings is 4. The molecule has 39 heavy (non-hydrogen) atoms. The van der Waals surface area contributed by atoms with E-state index >= 15 is 0 Å². The summed E-state index contributed by atoms with van der Waals surface area (Å²) < 4.78 is 8.02. The first-order valence-electron chi connectivity index (χ1n) is 14.1. The highest BCUT2D eigenvalue weighted by Crippen LogP contribution is 2.42. The molecule has 0 atom stereocenters. The van der Waals surface area contributed by atoms with Gasteiger partial charge in [-0.1, -0.05) is 138 Å². The average Bonchev–Trinajstić information content (AvgIpc) is 2.97. The zero-order valence-corrected chi connectivity index (χ0v) is 25.9. The lowest BCUT2D eigenvalue weighted by Gasteiger charge is -2.19. The van der Waals surface area contributed by atoms with Gasteiger partial charge < -0.3 is 9.84 Å². The Bertz CT molecular complexity index is 1320. The summed E-state index contributed by atoms with van der Waals surface area (Å²) >= 11 is 7.40. The molecule has 0 fully saturated rings. The molecule has 0 unspecified atom stereocenters. The molecule has 0 radical (unpaired) electrons. The van der Waals surface area contributed by atoms with Gasteiger partial charge in [-0.25, -0.2) is 0 Å². The van der Waals surface area contributed by atoms with E-state index in [-0.39, 0.29) is 6.61 Å². The van der Waals surface area contributed by atoms with Crippen LogP contribution in [0.4, 0.5) is 0 Å². The second kappa shape index (κ2) is 15.4. The number of halogens is 2. The van der Waals surface area contributed by atoms with Gasteiger partial charge in [0.1, 0.15) is 5.75 Å². The first-order chi connectivity index (χ1) is 19.1. The van der Waals surface area contributed by atoms with E-state index in [1.54, 1.807) is 0 Å². The molecule has 0 aliphatic rings. The molecule has 0 heterocycles. The van der Waals surface area contributed by atoms with Gasteiger partial charge in [0.05, 0.1) is 13.2 Å². The van der Waals surface area contributed by atoms with Gasteiger partial charge in [-0.15, -0.1) is 0 Å². The minimum atomic E-state index is -0.0644. The monoisotopic (exact) mass is 648 g/mol. The van der Waals surface area contributed by atoms with Crippen molar-refractivity contribution in [1.29, 1.82) is 0 Å². The van der Waals surface area contributed by atoms with E-state index in [0.29, 0.717) is 0 Å². The zero-order valence-electron chi connectivity index (χ0n) is 22.8. The predicted octanol–water partition coefficient (Wildman–Crippen LogP) is 11.2. The number of aliphatic hydroxyl groups excluding tert-OH is 1. The number of rotatable bonds is 14. The number of aliphatic hydroxyl groups is 1. The maximum atomic E-state index is 10.6. The van der Waals surface area contributed by atoms with Crippen molar-refractivity contribution in [1.82, 2.24) is 0 Å². The summed E-state index contributed by atoms with van der Waals surface area (Å²) in [6.45, 7) is 2.95. The molecule has 4 rings (SSSR count). The highest BCUT2D eigenvalue weighted by atomic mass is 79.9. The molecule has 0 amide bonds. The lowest BCUT2D eigenvalue weighted by atomic mass is 9.88. The van der Waals surface area contributed by atoms with Crippen molar-refractivity contribution in [2.24, 2.45) is 0 Å². The predicted molar refractivity (Wildman–Crippen MR) is 172 cm³/mol. The van der Waals surface area contributed by atoms with Crippen molar-refractivity contribution >= 4 is 31.9 Å². The van der Waals surface area contributed by atoms with Gasteiger partial charge in [0.15, 0.2) is 0 Å². The molecule has 0 aliphatic heterocycles. The first-order valence-corrected chi connectivity index (χ1v) is 15.7. The van der Waals surface area contributed by atoms with Crippen LogP contribution in [0, 0.1) is 0 Å². The van der Waals surface area contributed by atoms with E-state index < -0.39 is 0 Å². The van der Waals surface area contributed by atoms with Gasteiger partial charge in [-0.3, -0.25) is 0 Å². The van der Waals surface area contributed by atoms with Crippen molar-refractivity contribution in [3.8, 4) is 39.1 Å². The topological polar surface area (TPSA) is 29.5 Å². The van der Waals surface area contributed by atoms with E-state index in [1.807, 2.05) is 18.2 Å². The van der Waals surface area contributed by atoms with Gasteiger partial charge >= 0.3 is 0 Å². The summed E-state index contributed by atoms with van der Waals surface area (Å²) in [5.41, 5.74) is 7.33. The van der Waals surface area contributed by atoms with Crippen LogP contribution in [0.2, 0.25) is 0 Å². The summed E-state index contributed by atoms with van der Waals surface area (Å²) in [6, 6.07) is 29.1. The zero-order chi connectivity index (χ0) is 27.5. The minimum Gasteiger partial charge on any atom is -0.494 e. The molecule has 204 valence electrons. The van der Waals surface area contributed by atoms with Crippen LogP contribution in [0.3, 0.4) is 0 Å². The number of unbranched alkanes of at least 4 members (excludes halogenated alkanes) is 7. The molecule has 0 saturated heterocycles. The summed E-state index contributed by atoms with van der Waals surface area (Å²) in [5, 5.41) is 10.6. The van der Waals surface area contributed by atoms with Crippen LogP contribution < -0.4 is 4.74 Å². The van der Waals surface area contributed by atoms with E-state index in [1.165, 1.54) is 44.9 Å². The average molecular weight is 650 g/mol. The molecule has 0 aliphatic carbocycles. The largest absolute Gasteiger partial charge is 0.494 e. The molecular weight excluding hydrogens is 612 g/mol. The molecule has 1 N–H and O–H groups in total. The summed E-state index contributed by atoms with van der Waals surface area (Å²) in [7, 11) is 0. The molecule has 0 saturated carbocycles. The Morgan fingerprint density at radius 1 is 0.641 bits per heavy atom. The Morgan fingerprint density at radius 2 is 1.31 bits per heavy atom. The van der Waals surface area contributed by atoms with Gasteiger partial charge in [0.25, 0.3) is 0 Å². The van der Waals surface area contributed by atoms with Crippen molar-refractivity contribution in [3.05, 3.63) is 99.4 Å². The van der Waals surface area contributed by atoms with Crippen LogP contribution in [0.5, 0.6) is 5.75 Å². The maximum absolute atomic E-state index is 10.6. The number of hydrogen-bond donors (Lipinski definition) is 1. The van der Waals surface area contributed by atoms with E-state index in [2.05, 4.69) is 106 Å². The second-order valence-electron chi connectivity index (χ2n) is 10.0. The summed E-state index contributed by atoms with van der Waals surface area (Å²) in [5.74, 6) is 0.888. The molecule has 0 aromatic heterocycles. The highest BCUT2D eigenvalue weighted by molar-refractivity contribution is 9.10. The van der Waals surface area contributed by atoms with E-state index in [0.717, 1.165) is 66.7 Å². The lowest BCUT2D eigenvalue weighted by Crippen LogP contribution is -1.99. The molecule has 0 bridgehead atoms. The van der Waals surface area contributed by atoms with Crippen molar-refractivity contribution < 1.29 is 9.84 Å². The van der Waals surface area contributed by atoms with Crippen molar-refractivity contribution in [3.63, 3.8) is 0 Å². The third-order valence-corrected chi connectivity index (χ3v) is 8.34. The quantitative estimate of drug-likeness (QED) is 0.138. The Morgan fingerprint density at radius 3 is 2.00 bits per heavy atom. The van der Waals surface area contributed by atoms with Crippen molar-refractivity contribution in [2.45, 2.75) is 64.9 Å². The first kappa shape index (κ1) is 29.6. The van der Waals surface area contributed by atoms with Crippen LogP contribution in [0.1, 0.15) is 63.9 Å². The van der Waals surface area contributed by atoms with Gasteiger partial charge in [0, 0.05) is 14.5 Å². The summed E-state index contributed by atoms with van der Waals surface area (Å²) in [6.07, 6.45) is 10.3. The Balaban J connectivity index is 1.51. The Labute approximate surface area is 250 Å². The molecular formula is C35H38Br2O2. The fourth-order valence-corrected chi connectivity index (χ4v) is 6.06. The summed E-state index contributed by atoms with van der Waals surface area (Å²) in [4.78, 5) is 0. The second-order valence-corrected chi connectivity index (χ2v) is 11.8. The van der Waals surface area contributed by atoms with Crippen LogP contribution in [-0.4, -0.2) is 11.7 Å². The Kier molecular flexibility index (Phi) is 11.7. The van der Waals surface area contributed by atoms with E-state index in [9.17, 15) is 5.11 Å². The number of hydrogen-bond acceptors (Lipinski definition) is 2. The highest BCUT2D eigenvalue weighted by Gasteiger charge is 2.18. The molecule has 2 nitrogen and oxygen atoms in total. The molecule has 0 spiro atoms. The third-order valence-electron chi connectivity index (χ3n) is 7.19. The smallest absolute Gasteiger partial charge is 0.119 e. The van der Waals surface area contributed by atoms with Gasteiger partial charge in [-0.05, 0) is 70.1 Å². The fraction of sp³-hybridized carbons (Fsp3) is 0.314. The number of ether oxygens (including phenoxy) is 1. The van der Waals surface area contributed by atoms with Crippen LogP contribution >= 0.6 is 31.9 Å². The molecule has 4 aromatic rings. The SMILES string of the molecule is CCCCCCCCCCOc1ccc(-c2c(Br)ccc(-c3ccc(Br)cc3-c3ccccc3)c2CO)cc1. The van der Waals surface area contributed by atoms with Crippen LogP contribution in [0.25, 0.3) is 33.4 Å². The fourth-order valence-electron chi connectivity index (χ4n) is 5.10. The lowest BCUT2D eigenvalue weighted by molar-refractivity contribution is 0.283. The van der Waals surface area contributed by atoms with Gasteiger partial charge in [0.2, 0.25) is 0 Å². The maximum Gasteiger partial charge on any atom is 0.119 e. The van der Waals surface area contributed by atoms with Gasteiger partial charge in [-0.2, -0.15) is 0 Å². The molecule has 4 heteroatoms. The standard InChI is InChI=1S/C35H38Br2O2/c1-2-3-4-5-6-7-8-12-23-39-29-18-15-27(16-19-29)35-33(25-38)31(21-22-34(35)37)30-20-17-28(36)24-32(30)26-13-10-9-11-14-26/h9-11,13-22,24,38H,2-8,12,23,25H2,1H3. The Hall–Kier alpha value is -2.40. The van der Waals surface area contributed by atoms with Crippen molar-refractivity contribution in [2.75, 3.05) is 6.61 Å². The minimum absolute atomic E-state index is 0.0644. The van der Waals surface area contributed by atoms with Crippen LogP contribution in [0.15, 0.2) is 93.9 Å². The third kappa shape index (κ3) is 8.06. The normalized spacial score (nSPS) is 11.1. The molecule has 4 aromatic carbocycles. The van der Waals surface area contributed by atoms with E-state index in [4.69, 9.17) is 4.74 Å². The van der Waals surface area contributed by atoms with Crippen LogP contribution in [-0.2, 0) is 6.61 Å².